The van der Waals surface area contributed by atoms with Gasteiger partial charge in [-0.15, -0.1) is 0 Å². The van der Waals surface area contributed by atoms with Gasteiger partial charge in [0, 0.05) is 19.3 Å². The fourth-order valence-corrected chi connectivity index (χ4v) is 8.49. The van der Waals surface area contributed by atoms with Gasteiger partial charge in [0.15, 0.2) is 6.10 Å². The maximum Gasteiger partial charge on any atom is 0.306 e. The molecular formula is C56H108O6. The van der Waals surface area contributed by atoms with Gasteiger partial charge < -0.3 is 14.2 Å². The summed E-state index contributed by atoms with van der Waals surface area (Å²) in [4.78, 5) is 37.7. The second-order valence-electron chi connectivity index (χ2n) is 19.9. The summed E-state index contributed by atoms with van der Waals surface area (Å²) in [5.74, 6) is 0.896. The summed E-state index contributed by atoms with van der Waals surface area (Å²) in [7, 11) is 0. The molecule has 0 fully saturated rings. The van der Waals surface area contributed by atoms with Gasteiger partial charge in [-0.2, -0.15) is 0 Å². The smallest absolute Gasteiger partial charge is 0.306 e. The minimum Gasteiger partial charge on any atom is -0.462 e. The van der Waals surface area contributed by atoms with Crippen LogP contribution in [0.5, 0.6) is 0 Å². The molecule has 0 spiro atoms. The van der Waals surface area contributed by atoms with Gasteiger partial charge >= 0.3 is 17.9 Å². The summed E-state index contributed by atoms with van der Waals surface area (Å²) in [5.41, 5.74) is 0. The van der Waals surface area contributed by atoms with Crippen LogP contribution in [-0.2, 0) is 28.6 Å². The van der Waals surface area contributed by atoms with Gasteiger partial charge in [0.2, 0.25) is 0 Å². The molecule has 0 saturated carbocycles. The number of unbranched alkanes of at least 4 members (excludes halogenated alkanes) is 34. The second kappa shape index (κ2) is 48.9. The van der Waals surface area contributed by atoms with Crippen molar-refractivity contribution >= 4 is 17.9 Å². The molecule has 2 atom stereocenters. The van der Waals surface area contributed by atoms with E-state index < -0.39 is 6.10 Å². The fraction of sp³-hybridized carbons (Fsp3) is 0.946. The van der Waals surface area contributed by atoms with Gasteiger partial charge in [0.1, 0.15) is 13.2 Å². The molecule has 6 nitrogen and oxygen atoms in total. The fourth-order valence-electron chi connectivity index (χ4n) is 8.49. The van der Waals surface area contributed by atoms with E-state index in [1.807, 2.05) is 0 Å². The molecule has 0 saturated heterocycles. The van der Waals surface area contributed by atoms with Crippen molar-refractivity contribution in [3.05, 3.63) is 0 Å². The molecule has 6 heteroatoms. The van der Waals surface area contributed by atoms with E-state index in [0.717, 1.165) is 76.0 Å². The number of esters is 3. The maximum absolute atomic E-state index is 12.6. The predicted molar refractivity (Wildman–Crippen MR) is 266 cm³/mol. The second-order valence-corrected chi connectivity index (χ2v) is 19.9. The molecule has 0 aliphatic heterocycles. The number of carbonyl (C=O) groups is 3. The lowest BCUT2D eigenvalue weighted by Crippen LogP contribution is -2.30. The summed E-state index contributed by atoms with van der Waals surface area (Å²) in [6.45, 7) is 11.4. The highest BCUT2D eigenvalue weighted by Crippen LogP contribution is 2.18. The SMILES string of the molecule is CCCCCCCC(=O)O[C@@H](COC(=O)CCCCCCCCCCCCCCCCCCCCC(C)CC)COC(=O)CCCCCCCCCCCCCCCCC(C)C. The van der Waals surface area contributed by atoms with Crippen LogP contribution in [0.25, 0.3) is 0 Å². The standard InChI is InChI=1S/C56H108O6/c1-6-8-9-34-43-48-56(59)62-53(50-61-55(58)47-42-38-33-29-25-21-17-16-18-22-26-30-35-39-44-51(3)4)49-60-54(57)46-41-37-32-28-24-20-15-13-11-10-12-14-19-23-27-31-36-40-45-52(5)7-2/h51-53H,6-50H2,1-5H3/t52?,53-/m0/s1. The van der Waals surface area contributed by atoms with Crippen LogP contribution >= 0.6 is 0 Å². The third-order valence-corrected chi connectivity index (χ3v) is 13.1. The van der Waals surface area contributed by atoms with Crippen molar-refractivity contribution in [1.82, 2.24) is 0 Å². The van der Waals surface area contributed by atoms with Crippen LogP contribution in [-0.4, -0.2) is 37.2 Å². The van der Waals surface area contributed by atoms with Crippen LogP contribution in [0, 0.1) is 11.8 Å². The highest BCUT2D eigenvalue weighted by atomic mass is 16.6. The quantitative estimate of drug-likeness (QED) is 0.0344. The van der Waals surface area contributed by atoms with Gasteiger partial charge in [-0.1, -0.05) is 272 Å². The first-order chi connectivity index (χ1) is 30.3. The lowest BCUT2D eigenvalue weighted by molar-refractivity contribution is -0.167. The van der Waals surface area contributed by atoms with E-state index in [4.69, 9.17) is 14.2 Å². The van der Waals surface area contributed by atoms with Gasteiger partial charge in [-0.05, 0) is 31.1 Å². The van der Waals surface area contributed by atoms with Crippen LogP contribution in [0.4, 0.5) is 0 Å². The third kappa shape index (κ3) is 47.9. The predicted octanol–water partition coefficient (Wildman–Crippen LogP) is 18.1. The Labute approximate surface area is 387 Å². The molecule has 368 valence electrons. The average molecular weight is 877 g/mol. The van der Waals surface area contributed by atoms with Crippen LogP contribution in [0.15, 0.2) is 0 Å². The van der Waals surface area contributed by atoms with E-state index in [1.54, 1.807) is 0 Å². The first kappa shape index (κ1) is 60.4. The van der Waals surface area contributed by atoms with Crippen molar-refractivity contribution in [2.75, 3.05) is 13.2 Å². The molecule has 0 amide bonds. The monoisotopic (exact) mass is 877 g/mol. The molecule has 0 rings (SSSR count). The largest absolute Gasteiger partial charge is 0.462 e. The zero-order chi connectivity index (χ0) is 45.4. The van der Waals surface area contributed by atoms with Crippen LogP contribution in [0.1, 0.15) is 311 Å². The highest BCUT2D eigenvalue weighted by molar-refractivity contribution is 5.71. The number of hydrogen-bond donors (Lipinski definition) is 0. The first-order valence-electron chi connectivity index (χ1n) is 27.8. The van der Waals surface area contributed by atoms with Crippen molar-refractivity contribution in [2.45, 2.75) is 317 Å². The summed E-state index contributed by atoms with van der Waals surface area (Å²) in [5, 5.41) is 0. The van der Waals surface area contributed by atoms with E-state index in [1.165, 1.54) is 193 Å². The van der Waals surface area contributed by atoms with Crippen LogP contribution in [0.3, 0.4) is 0 Å². The summed E-state index contributed by atoms with van der Waals surface area (Å²) in [6, 6.07) is 0. The number of carbonyl (C=O) groups excluding carboxylic acids is 3. The van der Waals surface area contributed by atoms with Crippen molar-refractivity contribution < 1.29 is 28.6 Å². The average Bonchev–Trinajstić information content (AvgIpc) is 3.26. The van der Waals surface area contributed by atoms with Crippen molar-refractivity contribution in [3.8, 4) is 0 Å². The van der Waals surface area contributed by atoms with Crippen LogP contribution in [0.2, 0.25) is 0 Å². The Hall–Kier alpha value is -1.59. The molecule has 0 radical (unpaired) electrons. The minimum absolute atomic E-state index is 0.0646. The Kier molecular flexibility index (Phi) is 47.6. The highest BCUT2D eigenvalue weighted by Gasteiger charge is 2.19. The van der Waals surface area contributed by atoms with Crippen molar-refractivity contribution in [3.63, 3.8) is 0 Å². The molecule has 1 unspecified atom stereocenters. The maximum atomic E-state index is 12.6. The molecule has 0 aliphatic rings. The third-order valence-electron chi connectivity index (χ3n) is 13.1. The Balaban J connectivity index is 4.00. The van der Waals surface area contributed by atoms with Crippen molar-refractivity contribution in [1.29, 1.82) is 0 Å². The molecule has 62 heavy (non-hydrogen) atoms. The van der Waals surface area contributed by atoms with Gasteiger partial charge in [-0.25, -0.2) is 0 Å². The molecule has 0 aliphatic carbocycles. The Morgan fingerprint density at radius 1 is 0.339 bits per heavy atom. The summed E-state index contributed by atoms with van der Waals surface area (Å²) in [6.07, 6.45) is 51.3. The first-order valence-corrected chi connectivity index (χ1v) is 27.8. The molecular weight excluding hydrogens is 769 g/mol. The number of ether oxygens (including phenoxy) is 3. The Morgan fingerprint density at radius 3 is 0.919 bits per heavy atom. The van der Waals surface area contributed by atoms with Crippen LogP contribution < -0.4 is 0 Å². The summed E-state index contributed by atoms with van der Waals surface area (Å²) >= 11 is 0. The number of hydrogen-bond acceptors (Lipinski definition) is 6. The zero-order valence-electron chi connectivity index (χ0n) is 42.5. The molecule has 0 aromatic heterocycles. The van der Waals surface area contributed by atoms with E-state index in [2.05, 4.69) is 34.6 Å². The molecule has 0 bridgehead atoms. The molecule has 0 heterocycles. The van der Waals surface area contributed by atoms with E-state index >= 15 is 0 Å². The minimum atomic E-state index is -0.760. The van der Waals surface area contributed by atoms with E-state index in [-0.39, 0.29) is 31.1 Å². The normalized spacial score (nSPS) is 12.5. The molecule has 0 N–H and O–H groups in total. The Bertz CT molecular complexity index is 949. The zero-order valence-corrected chi connectivity index (χ0v) is 42.5. The van der Waals surface area contributed by atoms with E-state index in [0.29, 0.717) is 19.3 Å². The number of rotatable bonds is 50. The van der Waals surface area contributed by atoms with Gasteiger partial charge in [-0.3, -0.25) is 14.4 Å². The van der Waals surface area contributed by atoms with Gasteiger partial charge in [0.05, 0.1) is 0 Å². The summed E-state index contributed by atoms with van der Waals surface area (Å²) < 4.78 is 16.7. The lowest BCUT2D eigenvalue weighted by Gasteiger charge is -2.18. The molecule has 0 aromatic rings. The van der Waals surface area contributed by atoms with E-state index in [9.17, 15) is 14.4 Å². The lowest BCUT2D eigenvalue weighted by atomic mass is 9.99. The molecule has 0 aromatic carbocycles. The van der Waals surface area contributed by atoms with Crippen molar-refractivity contribution in [2.24, 2.45) is 11.8 Å². The van der Waals surface area contributed by atoms with Gasteiger partial charge in [0.25, 0.3) is 0 Å². The topological polar surface area (TPSA) is 78.9 Å². The Morgan fingerprint density at radius 2 is 0.613 bits per heavy atom.